The highest BCUT2D eigenvalue weighted by Gasteiger charge is 2.20. The fraction of sp³-hybridized carbons (Fsp3) is 0.692. The van der Waals surface area contributed by atoms with Gasteiger partial charge in [0.05, 0.1) is 11.4 Å². The average Bonchev–Trinajstić information content (AvgIpc) is 2.62. The van der Waals surface area contributed by atoms with Gasteiger partial charge in [0.25, 0.3) is 0 Å². The molecule has 0 amide bonds. The largest absolute Gasteiger partial charge is 0.307 e. The number of rotatable bonds is 3. The van der Waals surface area contributed by atoms with E-state index in [0.29, 0.717) is 11.8 Å². The maximum absolute atomic E-state index is 4.73. The van der Waals surface area contributed by atoms with Crippen LogP contribution in [0.2, 0.25) is 0 Å². The normalized spacial score (nSPS) is 14.9. The Hall–Kier alpha value is -0.960. The zero-order valence-corrected chi connectivity index (χ0v) is 10.7. The summed E-state index contributed by atoms with van der Waals surface area (Å²) in [6, 6.07) is 0. The van der Waals surface area contributed by atoms with E-state index in [9.17, 15) is 0 Å². The second-order valence-electron chi connectivity index (χ2n) is 5.31. The molecule has 1 aromatic heterocycles. The van der Waals surface area contributed by atoms with Gasteiger partial charge >= 0.3 is 0 Å². The van der Waals surface area contributed by atoms with Crippen LogP contribution in [0, 0.1) is 5.92 Å². The van der Waals surface area contributed by atoms with Gasteiger partial charge in [-0.25, -0.2) is 9.97 Å². The van der Waals surface area contributed by atoms with Gasteiger partial charge in [-0.05, 0) is 11.8 Å². The quantitative estimate of drug-likeness (QED) is 0.848. The Morgan fingerprint density at radius 3 is 2.50 bits per heavy atom. The second kappa shape index (κ2) is 4.50. The van der Waals surface area contributed by atoms with Crippen molar-refractivity contribution in [1.29, 1.82) is 0 Å². The molecule has 1 aromatic rings. The Balaban J connectivity index is 2.39. The highest BCUT2D eigenvalue weighted by Crippen LogP contribution is 2.23. The molecule has 0 spiro atoms. The number of nitrogens with zero attached hydrogens (tertiary/aromatic N) is 2. The smallest absolute Gasteiger partial charge is 0.129 e. The van der Waals surface area contributed by atoms with Crippen molar-refractivity contribution in [1.82, 2.24) is 15.3 Å². The Bertz CT molecular complexity index is 383. The van der Waals surface area contributed by atoms with Crippen molar-refractivity contribution in [3.8, 4) is 0 Å². The van der Waals surface area contributed by atoms with Gasteiger partial charge in [0, 0.05) is 25.1 Å². The first-order valence-electron chi connectivity index (χ1n) is 6.17. The first kappa shape index (κ1) is 11.5. The molecule has 1 aliphatic heterocycles. The summed E-state index contributed by atoms with van der Waals surface area (Å²) < 4.78 is 0. The predicted octanol–water partition coefficient (Wildman–Crippen LogP) is 2.40. The zero-order chi connectivity index (χ0) is 11.7. The molecule has 0 aliphatic carbocycles. The summed E-state index contributed by atoms with van der Waals surface area (Å²) >= 11 is 0. The second-order valence-corrected chi connectivity index (χ2v) is 5.31. The van der Waals surface area contributed by atoms with Crippen LogP contribution in [0.15, 0.2) is 0 Å². The van der Waals surface area contributed by atoms with Gasteiger partial charge in [0.2, 0.25) is 0 Å². The van der Waals surface area contributed by atoms with Crippen molar-refractivity contribution in [2.45, 2.75) is 53.1 Å². The van der Waals surface area contributed by atoms with E-state index in [2.05, 4.69) is 38.0 Å². The minimum absolute atomic E-state index is 0.488. The molecule has 3 nitrogen and oxygen atoms in total. The third kappa shape index (κ3) is 2.24. The molecule has 0 fully saturated rings. The van der Waals surface area contributed by atoms with Crippen molar-refractivity contribution in [3.05, 3.63) is 22.8 Å². The number of hydrogen-bond donors (Lipinski definition) is 1. The van der Waals surface area contributed by atoms with Gasteiger partial charge in [-0.2, -0.15) is 0 Å². The third-order valence-corrected chi connectivity index (χ3v) is 2.90. The molecule has 3 heteroatoms. The van der Waals surface area contributed by atoms with E-state index in [1.54, 1.807) is 0 Å². The van der Waals surface area contributed by atoms with Gasteiger partial charge in [-0.15, -0.1) is 0 Å². The van der Waals surface area contributed by atoms with Crippen molar-refractivity contribution in [2.75, 3.05) is 0 Å². The van der Waals surface area contributed by atoms with Crippen molar-refractivity contribution in [2.24, 2.45) is 5.92 Å². The molecule has 88 valence electrons. The predicted molar refractivity (Wildman–Crippen MR) is 65.2 cm³/mol. The molecule has 2 rings (SSSR count). The lowest BCUT2D eigenvalue weighted by atomic mass is 10.0. The number of nitrogens with one attached hydrogen (secondary N) is 1. The van der Waals surface area contributed by atoms with Gasteiger partial charge < -0.3 is 5.32 Å². The third-order valence-electron chi connectivity index (χ3n) is 2.90. The van der Waals surface area contributed by atoms with E-state index in [0.717, 1.165) is 25.3 Å². The van der Waals surface area contributed by atoms with Crippen LogP contribution < -0.4 is 5.32 Å². The first-order valence-corrected chi connectivity index (χ1v) is 6.17. The summed E-state index contributed by atoms with van der Waals surface area (Å²) in [5.74, 6) is 2.12. The van der Waals surface area contributed by atoms with E-state index >= 15 is 0 Å². The van der Waals surface area contributed by atoms with Gasteiger partial charge in [0.15, 0.2) is 0 Å². The summed E-state index contributed by atoms with van der Waals surface area (Å²) in [5, 5.41) is 3.36. The van der Waals surface area contributed by atoms with E-state index in [4.69, 9.17) is 4.98 Å². The molecule has 0 atom stereocenters. The van der Waals surface area contributed by atoms with Crippen molar-refractivity contribution >= 4 is 0 Å². The highest BCUT2D eigenvalue weighted by atomic mass is 15.0. The lowest BCUT2D eigenvalue weighted by Crippen LogP contribution is -2.09. The van der Waals surface area contributed by atoms with Crippen LogP contribution >= 0.6 is 0 Å². The van der Waals surface area contributed by atoms with Crippen molar-refractivity contribution < 1.29 is 0 Å². The molecule has 2 heterocycles. The molecule has 0 saturated carbocycles. The molecule has 16 heavy (non-hydrogen) atoms. The molecule has 0 saturated heterocycles. The van der Waals surface area contributed by atoms with Crippen LogP contribution in [0.1, 0.15) is 56.4 Å². The maximum Gasteiger partial charge on any atom is 0.129 e. The molecule has 0 aromatic carbocycles. The molecule has 1 N–H and O–H groups in total. The van der Waals surface area contributed by atoms with Gasteiger partial charge in [0.1, 0.15) is 5.82 Å². The van der Waals surface area contributed by atoms with E-state index in [1.807, 2.05) is 0 Å². The summed E-state index contributed by atoms with van der Waals surface area (Å²) in [4.78, 5) is 9.40. The van der Waals surface area contributed by atoms with Crippen LogP contribution in [-0.4, -0.2) is 9.97 Å². The lowest BCUT2D eigenvalue weighted by molar-refractivity contribution is 0.610. The standard InChI is InChI=1S/C13H21N3/c1-8(2)5-12-15-11-7-14-6-10(11)13(16-12)9(3)4/h8-9,14H,5-7H2,1-4H3. The zero-order valence-electron chi connectivity index (χ0n) is 10.7. The Morgan fingerprint density at radius 1 is 1.12 bits per heavy atom. The fourth-order valence-electron chi connectivity index (χ4n) is 2.18. The SMILES string of the molecule is CC(C)Cc1nc2c(c(C(C)C)n1)CNC2. The summed E-state index contributed by atoms with van der Waals surface area (Å²) in [5.41, 5.74) is 3.79. The van der Waals surface area contributed by atoms with Gasteiger partial charge in [-0.1, -0.05) is 27.7 Å². The van der Waals surface area contributed by atoms with Gasteiger partial charge in [-0.3, -0.25) is 0 Å². The lowest BCUT2D eigenvalue weighted by Gasteiger charge is -2.13. The Morgan fingerprint density at radius 2 is 1.88 bits per heavy atom. The summed E-state index contributed by atoms with van der Waals surface area (Å²) in [7, 11) is 0. The summed E-state index contributed by atoms with van der Waals surface area (Å²) in [6.07, 6.45) is 0.979. The maximum atomic E-state index is 4.73. The topological polar surface area (TPSA) is 37.8 Å². The minimum atomic E-state index is 0.488. The molecule has 0 unspecified atom stereocenters. The Labute approximate surface area is 97.7 Å². The minimum Gasteiger partial charge on any atom is -0.307 e. The highest BCUT2D eigenvalue weighted by molar-refractivity contribution is 5.31. The van der Waals surface area contributed by atoms with Crippen LogP contribution in [0.25, 0.3) is 0 Å². The Kier molecular flexibility index (Phi) is 3.24. The van der Waals surface area contributed by atoms with E-state index < -0.39 is 0 Å². The number of aromatic nitrogens is 2. The molecule has 0 bridgehead atoms. The molecular weight excluding hydrogens is 198 g/mol. The average molecular weight is 219 g/mol. The monoisotopic (exact) mass is 219 g/mol. The van der Waals surface area contributed by atoms with Crippen molar-refractivity contribution in [3.63, 3.8) is 0 Å². The fourth-order valence-corrected chi connectivity index (χ4v) is 2.18. The number of fused-ring (bicyclic) bond motifs is 1. The molecule has 0 radical (unpaired) electrons. The van der Waals surface area contributed by atoms with Crippen LogP contribution in [0.5, 0.6) is 0 Å². The van der Waals surface area contributed by atoms with Crippen LogP contribution in [0.3, 0.4) is 0 Å². The number of hydrogen-bond acceptors (Lipinski definition) is 3. The first-order chi connectivity index (χ1) is 7.58. The van der Waals surface area contributed by atoms with E-state index in [-0.39, 0.29) is 0 Å². The molecular formula is C13H21N3. The van der Waals surface area contributed by atoms with E-state index in [1.165, 1.54) is 17.0 Å². The summed E-state index contributed by atoms with van der Waals surface area (Å²) in [6.45, 7) is 10.7. The molecule has 1 aliphatic rings. The van der Waals surface area contributed by atoms with Crippen LogP contribution in [-0.2, 0) is 19.5 Å². The van der Waals surface area contributed by atoms with Crippen LogP contribution in [0.4, 0.5) is 0 Å².